The molecular weight excluding hydrogens is 642 g/mol. The number of aliphatic hydroxyl groups is 1. The summed E-state index contributed by atoms with van der Waals surface area (Å²) in [5.74, 6) is 0.929. The van der Waals surface area contributed by atoms with E-state index in [-0.39, 0.29) is 56.0 Å². The molecule has 13 heteroatoms. The van der Waals surface area contributed by atoms with E-state index in [4.69, 9.17) is 18.9 Å². The average molecular weight is 690 g/mol. The lowest BCUT2D eigenvalue weighted by molar-refractivity contribution is -0.0115. The molecule has 0 radical (unpaired) electrons. The number of nitrogens with zero attached hydrogens (tertiary/aromatic N) is 2. The number of amides is 5. The van der Waals surface area contributed by atoms with Gasteiger partial charge < -0.3 is 49.8 Å². The molecule has 2 aliphatic heterocycles. The number of carbonyl (C=O) groups excluding carboxylic acids is 3. The van der Waals surface area contributed by atoms with E-state index in [9.17, 15) is 19.5 Å². The van der Waals surface area contributed by atoms with Crippen molar-refractivity contribution in [3.63, 3.8) is 0 Å². The van der Waals surface area contributed by atoms with Gasteiger partial charge in [-0.2, -0.15) is 0 Å². The highest BCUT2D eigenvalue weighted by Gasteiger charge is 2.31. The second-order valence-corrected chi connectivity index (χ2v) is 12.8. The monoisotopic (exact) mass is 689 g/mol. The number of urea groups is 2. The van der Waals surface area contributed by atoms with Gasteiger partial charge in [0, 0.05) is 55.8 Å². The maximum atomic E-state index is 14.4. The fraction of sp³-hybridized carbons (Fsp3) is 0.432. The number of aliphatic hydroxyl groups excluding tert-OH is 1. The number of anilines is 3. The summed E-state index contributed by atoms with van der Waals surface area (Å²) < 4.78 is 23.4. The molecule has 4 atom stereocenters. The molecule has 4 N–H and O–H groups in total. The number of fused-ring (bicyclic) bond motifs is 2. The van der Waals surface area contributed by atoms with Gasteiger partial charge in [0.1, 0.15) is 5.75 Å². The maximum absolute atomic E-state index is 14.4. The van der Waals surface area contributed by atoms with Crippen LogP contribution in [-0.2, 0) is 4.74 Å². The van der Waals surface area contributed by atoms with Gasteiger partial charge in [0.2, 0.25) is 6.79 Å². The molecule has 13 nitrogen and oxygen atoms in total. The van der Waals surface area contributed by atoms with Crippen LogP contribution in [0.2, 0.25) is 0 Å². The number of hydrogen-bond acceptors (Lipinski definition) is 8. The molecule has 0 aliphatic carbocycles. The molecular formula is C37H47N5O8. The van der Waals surface area contributed by atoms with E-state index in [1.807, 2.05) is 44.2 Å². The Bertz CT molecular complexity index is 1620. The number of benzene rings is 3. The van der Waals surface area contributed by atoms with Crippen molar-refractivity contribution in [1.82, 2.24) is 9.80 Å². The fourth-order valence-electron chi connectivity index (χ4n) is 5.82. The molecule has 3 aromatic rings. The van der Waals surface area contributed by atoms with Gasteiger partial charge in [-0.05, 0) is 75.6 Å². The van der Waals surface area contributed by atoms with Crippen LogP contribution in [0.15, 0.2) is 66.7 Å². The Hall–Kier alpha value is -5.01. The zero-order valence-corrected chi connectivity index (χ0v) is 29.0. The predicted octanol–water partition coefficient (Wildman–Crippen LogP) is 6.02. The van der Waals surface area contributed by atoms with Gasteiger partial charge in [0.25, 0.3) is 5.91 Å². The molecule has 5 amide bonds. The molecule has 5 rings (SSSR count). The standard InChI is InChI=1S/C37H47N5O8/c1-24-20-42(25(2)22-43)35(44)30-18-28(38-36(45)39-29-14-16-32-33(19-29)49-23-48-32)13-15-31(30)50-26(3)10-8-9-17-47-34(24)21-41(4)37(46)40-27-11-6-5-7-12-27/h5-7,11-16,18-19,24-26,34,43H,8-10,17,20-23H2,1-4H3,(H,40,46)(H2,38,39,45)/t24-,25+,26-,34-/m0/s1. The Morgan fingerprint density at radius 3 is 2.36 bits per heavy atom. The van der Waals surface area contributed by atoms with Crippen molar-refractivity contribution in [1.29, 1.82) is 0 Å². The van der Waals surface area contributed by atoms with Crippen LogP contribution in [0.1, 0.15) is 50.4 Å². The summed E-state index contributed by atoms with van der Waals surface area (Å²) >= 11 is 0. The zero-order valence-electron chi connectivity index (χ0n) is 29.0. The second kappa shape index (κ2) is 17.1. The molecule has 0 saturated carbocycles. The van der Waals surface area contributed by atoms with Crippen molar-refractivity contribution in [3.05, 3.63) is 72.3 Å². The van der Waals surface area contributed by atoms with Gasteiger partial charge in [-0.15, -0.1) is 0 Å². The molecule has 2 aliphatic rings. The largest absolute Gasteiger partial charge is 0.490 e. The van der Waals surface area contributed by atoms with Crippen LogP contribution in [0.4, 0.5) is 26.7 Å². The summed E-state index contributed by atoms with van der Waals surface area (Å²) in [6, 6.07) is 17.9. The zero-order chi connectivity index (χ0) is 35.6. The van der Waals surface area contributed by atoms with E-state index in [1.54, 1.807) is 60.2 Å². The third-order valence-electron chi connectivity index (χ3n) is 8.77. The van der Waals surface area contributed by atoms with Crippen molar-refractivity contribution >= 4 is 35.0 Å². The third-order valence-corrected chi connectivity index (χ3v) is 8.77. The first-order valence-corrected chi connectivity index (χ1v) is 17.0. The van der Waals surface area contributed by atoms with Crippen LogP contribution in [0.25, 0.3) is 0 Å². The fourth-order valence-corrected chi connectivity index (χ4v) is 5.82. The molecule has 50 heavy (non-hydrogen) atoms. The van der Waals surface area contributed by atoms with Crippen molar-refractivity contribution in [3.8, 4) is 17.2 Å². The maximum Gasteiger partial charge on any atom is 0.323 e. The number of likely N-dealkylation sites (N-methyl/N-ethyl adjacent to an activating group) is 1. The molecule has 0 saturated heterocycles. The van der Waals surface area contributed by atoms with Gasteiger partial charge in [-0.3, -0.25) is 4.79 Å². The van der Waals surface area contributed by atoms with Gasteiger partial charge >= 0.3 is 12.1 Å². The van der Waals surface area contributed by atoms with E-state index in [2.05, 4.69) is 16.0 Å². The van der Waals surface area contributed by atoms with Gasteiger partial charge in [-0.25, -0.2) is 9.59 Å². The van der Waals surface area contributed by atoms with Crippen molar-refractivity contribution in [2.75, 3.05) is 56.1 Å². The number of rotatable bonds is 7. The van der Waals surface area contributed by atoms with Crippen LogP contribution < -0.4 is 30.2 Å². The number of ether oxygens (including phenoxy) is 4. The molecule has 0 unspecified atom stereocenters. The first kappa shape index (κ1) is 36.3. The Kier molecular flexibility index (Phi) is 12.4. The van der Waals surface area contributed by atoms with Crippen LogP contribution in [0.3, 0.4) is 0 Å². The minimum Gasteiger partial charge on any atom is -0.490 e. The molecule has 0 bridgehead atoms. The van der Waals surface area contributed by atoms with Gasteiger partial charge in [-0.1, -0.05) is 25.1 Å². The van der Waals surface area contributed by atoms with Crippen LogP contribution >= 0.6 is 0 Å². The van der Waals surface area contributed by atoms with E-state index >= 15 is 0 Å². The summed E-state index contributed by atoms with van der Waals surface area (Å²) in [7, 11) is 1.71. The molecule has 268 valence electrons. The predicted molar refractivity (Wildman–Crippen MR) is 190 cm³/mol. The minimum atomic E-state index is -0.547. The summed E-state index contributed by atoms with van der Waals surface area (Å²) in [4.78, 5) is 43.6. The smallest absolute Gasteiger partial charge is 0.323 e. The summed E-state index contributed by atoms with van der Waals surface area (Å²) in [5, 5.41) is 18.7. The summed E-state index contributed by atoms with van der Waals surface area (Å²) in [6.45, 7) is 6.55. The Morgan fingerprint density at radius 2 is 1.62 bits per heavy atom. The van der Waals surface area contributed by atoms with Gasteiger partial charge in [0.05, 0.1) is 30.4 Å². The van der Waals surface area contributed by atoms with E-state index in [0.29, 0.717) is 40.9 Å². The lowest BCUT2D eigenvalue weighted by atomic mass is 10.0. The molecule has 0 aromatic heterocycles. The molecule has 3 aromatic carbocycles. The lowest BCUT2D eigenvalue weighted by Gasteiger charge is -2.35. The Balaban J connectivity index is 1.36. The normalized spacial score (nSPS) is 20.1. The number of nitrogens with one attached hydrogen (secondary N) is 3. The quantitative estimate of drug-likeness (QED) is 0.235. The number of hydrogen-bond donors (Lipinski definition) is 4. The number of carbonyl (C=O) groups is 3. The van der Waals surface area contributed by atoms with Gasteiger partial charge in [0.15, 0.2) is 11.5 Å². The third kappa shape index (κ3) is 9.57. The van der Waals surface area contributed by atoms with Crippen molar-refractivity contribution in [2.45, 2.75) is 58.3 Å². The van der Waals surface area contributed by atoms with E-state index in [1.165, 1.54) is 0 Å². The van der Waals surface area contributed by atoms with Crippen LogP contribution in [0, 0.1) is 5.92 Å². The lowest BCUT2D eigenvalue weighted by Crippen LogP contribution is -2.48. The van der Waals surface area contributed by atoms with Crippen LogP contribution in [-0.4, -0.2) is 91.3 Å². The van der Waals surface area contributed by atoms with Crippen molar-refractivity contribution < 1.29 is 38.4 Å². The highest BCUT2D eigenvalue weighted by Crippen LogP contribution is 2.34. The Labute approximate surface area is 292 Å². The molecule has 0 spiro atoms. The summed E-state index contributed by atoms with van der Waals surface area (Å²) in [5.41, 5.74) is 1.83. The molecule has 2 heterocycles. The highest BCUT2D eigenvalue weighted by atomic mass is 16.7. The summed E-state index contributed by atoms with van der Waals surface area (Å²) in [6.07, 6.45) is 1.76. The second-order valence-electron chi connectivity index (χ2n) is 12.8. The van der Waals surface area contributed by atoms with Crippen molar-refractivity contribution in [2.24, 2.45) is 5.92 Å². The average Bonchev–Trinajstić information content (AvgIpc) is 3.58. The van der Waals surface area contributed by atoms with E-state index < -0.39 is 18.2 Å². The highest BCUT2D eigenvalue weighted by molar-refractivity contribution is 6.02. The number of para-hydroxylation sites is 1. The van der Waals surface area contributed by atoms with E-state index in [0.717, 1.165) is 19.3 Å². The van der Waals surface area contributed by atoms with Crippen LogP contribution in [0.5, 0.6) is 17.2 Å². The first-order valence-electron chi connectivity index (χ1n) is 17.0. The Morgan fingerprint density at radius 1 is 0.920 bits per heavy atom. The molecule has 0 fully saturated rings. The SMILES string of the molecule is C[C@H](CO)N1C[C@H](C)[C@H](CN(C)C(=O)Nc2ccccc2)OCCCC[C@H](C)Oc2ccc(NC(=O)Nc3ccc4c(c3)OCO4)cc2C1=O. The first-order chi connectivity index (χ1) is 24.1. The topological polar surface area (TPSA) is 151 Å². The minimum absolute atomic E-state index is 0.121.